The molecule has 0 radical (unpaired) electrons. The highest BCUT2D eigenvalue weighted by Crippen LogP contribution is 2.24. The van der Waals surface area contributed by atoms with Crippen LogP contribution >= 0.6 is 0 Å². The largest absolute Gasteiger partial charge is 0.416 e. The summed E-state index contributed by atoms with van der Waals surface area (Å²) in [6, 6.07) is 28.1. The van der Waals surface area contributed by atoms with E-state index in [1.807, 2.05) is 72.8 Å². The second kappa shape index (κ2) is 6.97. The summed E-state index contributed by atoms with van der Waals surface area (Å²) < 4.78 is 5.78. The predicted molar refractivity (Wildman–Crippen MR) is 101 cm³/mol. The van der Waals surface area contributed by atoms with Crippen molar-refractivity contribution >= 4 is 12.2 Å². The fraction of sp³-hybridized carbons (Fsp3) is 0. The number of rotatable bonds is 4. The average Bonchev–Trinajstić information content (AvgIpc) is 3.19. The van der Waals surface area contributed by atoms with Crippen LogP contribution in [0.4, 0.5) is 0 Å². The third-order valence-electron chi connectivity index (χ3n) is 3.87. The molecule has 1 heterocycles. The Morgan fingerprint density at radius 1 is 0.520 bits per heavy atom. The number of aromatic nitrogens is 2. The van der Waals surface area contributed by atoms with E-state index in [4.69, 9.17) is 4.42 Å². The molecule has 0 unspecified atom stereocenters. The average molecular weight is 324 g/mol. The Kier molecular flexibility index (Phi) is 4.21. The van der Waals surface area contributed by atoms with Crippen molar-refractivity contribution in [3.63, 3.8) is 0 Å². The number of hydrogen-bond donors (Lipinski definition) is 0. The standard InChI is InChI=1S/C22H16N2O/c1-3-7-17(8-4-1)11-12-18-13-15-20(16-14-18)22-24-23-21(25-22)19-9-5-2-6-10-19/h1-16H/b12-11+. The summed E-state index contributed by atoms with van der Waals surface area (Å²) in [7, 11) is 0. The summed E-state index contributed by atoms with van der Waals surface area (Å²) in [5.41, 5.74) is 4.13. The molecular formula is C22H16N2O. The van der Waals surface area contributed by atoms with Crippen molar-refractivity contribution in [2.75, 3.05) is 0 Å². The lowest BCUT2D eigenvalue weighted by Crippen LogP contribution is -1.79. The van der Waals surface area contributed by atoms with Crippen molar-refractivity contribution < 1.29 is 4.42 Å². The van der Waals surface area contributed by atoms with E-state index in [0.717, 1.165) is 16.7 Å². The molecule has 25 heavy (non-hydrogen) atoms. The van der Waals surface area contributed by atoms with Crippen LogP contribution in [-0.4, -0.2) is 10.2 Å². The highest BCUT2D eigenvalue weighted by atomic mass is 16.4. The quantitative estimate of drug-likeness (QED) is 0.460. The molecule has 4 aromatic rings. The monoisotopic (exact) mass is 324 g/mol. The first-order chi connectivity index (χ1) is 12.4. The molecule has 0 aliphatic heterocycles. The third-order valence-corrected chi connectivity index (χ3v) is 3.87. The van der Waals surface area contributed by atoms with Gasteiger partial charge in [-0.25, -0.2) is 0 Å². The molecule has 0 N–H and O–H groups in total. The van der Waals surface area contributed by atoms with Gasteiger partial charge in [0.05, 0.1) is 0 Å². The van der Waals surface area contributed by atoms with Gasteiger partial charge in [-0.2, -0.15) is 0 Å². The molecule has 0 fully saturated rings. The molecular weight excluding hydrogens is 308 g/mol. The van der Waals surface area contributed by atoms with Crippen LogP contribution in [0.15, 0.2) is 89.3 Å². The lowest BCUT2D eigenvalue weighted by Gasteiger charge is -1.97. The van der Waals surface area contributed by atoms with Crippen LogP contribution in [0.5, 0.6) is 0 Å². The molecule has 4 rings (SSSR count). The van der Waals surface area contributed by atoms with E-state index in [9.17, 15) is 0 Å². The number of hydrogen-bond acceptors (Lipinski definition) is 3. The molecule has 0 saturated carbocycles. The van der Waals surface area contributed by atoms with Crippen LogP contribution in [-0.2, 0) is 0 Å². The molecule has 0 aliphatic carbocycles. The van der Waals surface area contributed by atoms with Gasteiger partial charge in [-0.1, -0.05) is 72.8 Å². The van der Waals surface area contributed by atoms with Crippen molar-refractivity contribution in [1.29, 1.82) is 0 Å². The zero-order chi connectivity index (χ0) is 16.9. The van der Waals surface area contributed by atoms with Gasteiger partial charge >= 0.3 is 0 Å². The topological polar surface area (TPSA) is 38.9 Å². The minimum absolute atomic E-state index is 0.525. The van der Waals surface area contributed by atoms with Crippen molar-refractivity contribution in [3.05, 3.63) is 96.1 Å². The Hall–Kier alpha value is -3.46. The summed E-state index contributed by atoms with van der Waals surface area (Å²) in [5, 5.41) is 8.28. The van der Waals surface area contributed by atoms with E-state index in [0.29, 0.717) is 11.8 Å². The van der Waals surface area contributed by atoms with Crippen molar-refractivity contribution in [2.24, 2.45) is 0 Å². The Morgan fingerprint density at radius 3 is 1.60 bits per heavy atom. The van der Waals surface area contributed by atoms with Gasteiger partial charge in [0, 0.05) is 11.1 Å². The van der Waals surface area contributed by atoms with E-state index >= 15 is 0 Å². The molecule has 0 atom stereocenters. The van der Waals surface area contributed by atoms with Gasteiger partial charge in [0.25, 0.3) is 0 Å². The molecule has 0 amide bonds. The summed E-state index contributed by atoms with van der Waals surface area (Å²) in [4.78, 5) is 0. The van der Waals surface area contributed by atoms with Gasteiger partial charge in [0.2, 0.25) is 11.8 Å². The first kappa shape index (κ1) is 15.1. The van der Waals surface area contributed by atoms with E-state index in [1.165, 1.54) is 5.56 Å². The summed E-state index contributed by atoms with van der Waals surface area (Å²) >= 11 is 0. The summed E-state index contributed by atoms with van der Waals surface area (Å²) in [5.74, 6) is 1.06. The predicted octanol–water partition coefficient (Wildman–Crippen LogP) is 5.57. The number of benzene rings is 3. The van der Waals surface area contributed by atoms with E-state index in [1.54, 1.807) is 0 Å². The van der Waals surface area contributed by atoms with Crippen LogP contribution in [0.2, 0.25) is 0 Å². The maximum absolute atomic E-state index is 5.78. The molecule has 1 aromatic heterocycles. The van der Waals surface area contributed by atoms with Crippen LogP contribution in [0.25, 0.3) is 35.1 Å². The van der Waals surface area contributed by atoms with Gasteiger partial charge in [0.1, 0.15) is 0 Å². The second-order valence-electron chi connectivity index (χ2n) is 5.64. The summed E-state index contributed by atoms with van der Waals surface area (Å²) in [6.45, 7) is 0. The zero-order valence-electron chi connectivity index (χ0n) is 13.5. The molecule has 0 bridgehead atoms. The molecule has 0 spiro atoms. The van der Waals surface area contributed by atoms with E-state index < -0.39 is 0 Å². The van der Waals surface area contributed by atoms with E-state index in [-0.39, 0.29) is 0 Å². The maximum atomic E-state index is 5.78. The fourth-order valence-electron chi connectivity index (χ4n) is 2.53. The highest BCUT2D eigenvalue weighted by molar-refractivity contribution is 5.70. The first-order valence-electron chi connectivity index (χ1n) is 8.11. The second-order valence-corrected chi connectivity index (χ2v) is 5.64. The zero-order valence-corrected chi connectivity index (χ0v) is 13.5. The SMILES string of the molecule is C(=C\c1ccc(-c2nnc(-c3ccccc3)o2)cc1)/c1ccccc1. The van der Waals surface area contributed by atoms with Gasteiger partial charge in [-0.3, -0.25) is 0 Å². The molecule has 3 nitrogen and oxygen atoms in total. The Morgan fingerprint density at radius 2 is 1.00 bits per heavy atom. The van der Waals surface area contributed by atoms with Gasteiger partial charge in [-0.15, -0.1) is 10.2 Å². The normalized spacial score (nSPS) is 11.0. The lowest BCUT2D eigenvalue weighted by atomic mass is 10.1. The molecule has 3 aromatic carbocycles. The van der Waals surface area contributed by atoms with Crippen LogP contribution in [0, 0.1) is 0 Å². The Bertz CT molecular complexity index is 971. The molecule has 0 saturated heterocycles. The van der Waals surface area contributed by atoms with Gasteiger partial charge in [0.15, 0.2) is 0 Å². The lowest BCUT2D eigenvalue weighted by molar-refractivity contribution is 0.584. The molecule has 0 aliphatic rings. The van der Waals surface area contributed by atoms with Crippen molar-refractivity contribution in [3.8, 4) is 22.9 Å². The first-order valence-corrected chi connectivity index (χ1v) is 8.11. The van der Waals surface area contributed by atoms with Crippen molar-refractivity contribution in [2.45, 2.75) is 0 Å². The fourth-order valence-corrected chi connectivity index (χ4v) is 2.53. The van der Waals surface area contributed by atoms with Crippen LogP contribution in [0.3, 0.4) is 0 Å². The minimum atomic E-state index is 0.525. The minimum Gasteiger partial charge on any atom is -0.416 e. The maximum Gasteiger partial charge on any atom is 0.248 e. The smallest absolute Gasteiger partial charge is 0.248 e. The van der Waals surface area contributed by atoms with Crippen LogP contribution in [0.1, 0.15) is 11.1 Å². The molecule has 3 heteroatoms. The van der Waals surface area contributed by atoms with E-state index in [2.05, 4.69) is 34.5 Å². The number of nitrogens with zero attached hydrogens (tertiary/aromatic N) is 2. The highest BCUT2D eigenvalue weighted by Gasteiger charge is 2.09. The van der Waals surface area contributed by atoms with Gasteiger partial charge in [-0.05, 0) is 35.4 Å². The Balaban J connectivity index is 1.53. The summed E-state index contributed by atoms with van der Waals surface area (Å²) in [6.07, 6.45) is 4.18. The van der Waals surface area contributed by atoms with Gasteiger partial charge < -0.3 is 4.42 Å². The third kappa shape index (κ3) is 3.56. The van der Waals surface area contributed by atoms with Crippen molar-refractivity contribution in [1.82, 2.24) is 10.2 Å². The molecule has 120 valence electrons. The van der Waals surface area contributed by atoms with Crippen LogP contribution < -0.4 is 0 Å². The Labute approximate surface area is 146 Å².